The zero-order valence-corrected chi connectivity index (χ0v) is 14.1. The highest BCUT2D eigenvalue weighted by atomic mass is 32.1. The van der Waals surface area contributed by atoms with Crippen molar-refractivity contribution >= 4 is 23.1 Å². The molecular formula is C15H17N7OS. The number of carbonyl (C=O) groups excluding carboxylic acids is 1. The predicted octanol–water partition coefficient (Wildman–Crippen LogP) is 2.57. The molecule has 2 aromatic heterocycles. The van der Waals surface area contributed by atoms with E-state index in [-0.39, 0.29) is 6.03 Å². The lowest BCUT2D eigenvalue weighted by Crippen LogP contribution is -2.45. The van der Waals surface area contributed by atoms with Crippen molar-refractivity contribution in [3.05, 3.63) is 47.2 Å². The smallest absolute Gasteiger partial charge is 0.320 e. The minimum absolute atomic E-state index is 0.273. The van der Waals surface area contributed by atoms with E-state index in [9.17, 15) is 4.79 Å². The molecule has 0 bridgehead atoms. The summed E-state index contributed by atoms with van der Waals surface area (Å²) in [6, 6.07) is 6.97. The number of amides is 2. The molecule has 0 radical (unpaired) electrons. The van der Waals surface area contributed by atoms with Gasteiger partial charge < -0.3 is 10.6 Å². The van der Waals surface area contributed by atoms with Crippen molar-refractivity contribution < 1.29 is 4.79 Å². The number of nitrogens with zero attached hydrogens (tertiary/aromatic N) is 5. The lowest BCUT2D eigenvalue weighted by molar-refractivity contribution is 0.238. The normalized spacial score (nSPS) is 13.2. The van der Waals surface area contributed by atoms with Gasteiger partial charge in [-0.25, -0.2) is 14.5 Å². The van der Waals surface area contributed by atoms with Gasteiger partial charge in [-0.15, -0.1) is 16.4 Å². The van der Waals surface area contributed by atoms with Crippen LogP contribution >= 0.6 is 11.3 Å². The molecule has 2 N–H and O–H groups in total. The Morgan fingerprint density at radius 1 is 1.33 bits per heavy atom. The zero-order chi connectivity index (χ0) is 17.0. The first-order valence-corrected chi connectivity index (χ1v) is 8.31. The van der Waals surface area contributed by atoms with Crippen LogP contribution in [0.1, 0.15) is 25.3 Å². The van der Waals surface area contributed by atoms with Gasteiger partial charge in [0.25, 0.3) is 0 Å². The van der Waals surface area contributed by atoms with Crippen molar-refractivity contribution in [3.8, 4) is 5.69 Å². The molecule has 3 aromatic rings. The number of anilines is 1. The Kier molecular flexibility index (Phi) is 4.52. The van der Waals surface area contributed by atoms with Crippen LogP contribution in [0.15, 0.2) is 42.2 Å². The molecule has 124 valence electrons. The highest BCUT2D eigenvalue weighted by Gasteiger charge is 2.29. The van der Waals surface area contributed by atoms with Gasteiger partial charge in [-0.05, 0) is 48.0 Å². The van der Waals surface area contributed by atoms with Crippen LogP contribution in [0.3, 0.4) is 0 Å². The van der Waals surface area contributed by atoms with Crippen molar-refractivity contribution in [2.45, 2.75) is 25.8 Å². The third-order valence-corrected chi connectivity index (χ3v) is 4.78. The standard InChI is InChI=1S/C15H17N7OS/c1-3-15(2,13-16-8-9-24-13)19-14(23)18-11-4-6-12(7-5-11)22-10-17-20-21-22/h4-10H,3H2,1-2H3,(H2,18,19,23)/t15-/m1/s1. The van der Waals surface area contributed by atoms with Crippen LogP contribution in [0.2, 0.25) is 0 Å². The Bertz CT molecular complexity index is 786. The largest absolute Gasteiger partial charge is 0.326 e. The van der Waals surface area contributed by atoms with Gasteiger partial charge in [-0.1, -0.05) is 6.92 Å². The van der Waals surface area contributed by atoms with E-state index in [1.54, 1.807) is 23.0 Å². The maximum absolute atomic E-state index is 12.3. The van der Waals surface area contributed by atoms with Gasteiger partial charge in [0.05, 0.1) is 11.2 Å². The van der Waals surface area contributed by atoms with E-state index in [2.05, 4.69) is 31.1 Å². The minimum atomic E-state index is -0.495. The zero-order valence-electron chi connectivity index (χ0n) is 13.3. The van der Waals surface area contributed by atoms with Gasteiger partial charge in [0, 0.05) is 17.3 Å². The third-order valence-electron chi connectivity index (χ3n) is 3.74. The van der Waals surface area contributed by atoms with Crippen molar-refractivity contribution in [1.82, 2.24) is 30.5 Å². The number of aromatic nitrogens is 5. The first-order valence-electron chi connectivity index (χ1n) is 7.43. The van der Waals surface area contributed by atoms with Crippen molar-refractivity contribution in [2.24, 2.45) is 0 Å². The summed E-state index contributed by atoms with van der Waals surface area (Å²) in [6.45, 7) is 3.98. The van der Waals surface area contributed by atoms with E-state index in [4.69, 9.17) is 0 Å². The number of hydrogen-bond donors (Lipinski definition) is 2. The van der Waals surface area contributed by atoms with Crippen LogP contribution in [0.25, 0.3) is 5.69 Å². The highest BCUT2D eigenvalue weighted by Crippen LogP contribution is 2.26. The molecule has 24 heavy (non-hydrogen) atoms. The molecule has 0 spiro atoms. The number of nitrogens with one attached hydrogen (secondary N) is 2. The van der Waals surface area contributed by atoms with Gasteiger partial charge in [0.2, 0.25) is 0 Å². The summed E-state index contributed by atoms with van der Waals surface area (Å²) in [6.07, 6.45) is 3.99. The number of hydrogen-bond acceptors (Lipinski definition) is 6. The number of tetrazole rings is 1. The SMILES string of the molecule is CC[C@@](C)(NC(=O)Nc1ccc(-n2cnnn2)cc1)c1nccs1. The highest BCUT2D eigenvalue weighted by molar-refractivity contribution is 7.09. The van der Waals surface area contributed by atoms with Gasteiger partial charge in [-0.3, -0.25) is 0 Å². The summed E-state index contributed by atoms with van der Waals surface area (Å²) in [4.78, 5) is 16.6. The molecule has 0 saturated heterocycles. The number of carbonyl (C=O) groups is 1. The van der Waals surface area contributed by atoms with E-state index in [1.807, 2.05) is 31.4 Å². The van der Waals surface area contributed by atoms with Crippen LogP contribution in [0.4, 0.5) is 10.5 Å². The molecule has 2 heterocycles. The summed E-state index contributed by atoms with van der Waals surface area (Å²) >= 11 is 1.53. The first kappa shape index (κ1) is 16.1. The molecule has 1 aromatic carbocycles. The molecule has 1 atom stereocenters. The molecule has 8 nitrogen and oxygen atoms in total. The van der Waals surface area contributed by atoms with E-state index < -0.39 is 5.54 Å². The molecule has 0 aliphatic rings. The lowest BCUT2D eigenvalue weighted by Gasteiger charge is -2.27. The average Bonchev–Trinajstić information content (AvgIpc) is 3.29. The van der Waals surface area contributed by atoms with Gasteiger partial charge in [-0.2, -0.15) is 0 Å². The van der Waals surface area contributed by atoms with E-state index >= 15 is 0 Å². The van der Waals surface area contributed by atoms with Crippen LogP contribution in [0, 0.1) is 0 Å². The predicted molar refractivity (Wildman–Crippen MR) is 91.1 cm³/mol. The molecule has 0 unspecified atom stereocenters. The summed E-state index contributed by atoms with van der Waals surface area (Å²) in [5.74, 6) is 0. The van der Waals surface area contributed by atoms with Crippen molar-refractivity contribution in [3.63, 3.8) is 0 Å². The molecular weight excluding hydrogens is 326 g/mol. The maximum atomic E-state index is 12.3. The molecule has 0 aliphatic heterocycles. The van der Waals surface area contributed by atoms with E-state index in [0.29, 0.717) is 5.69 Å². The molecule has 0 fully saturated rings. The fraction of sp³-hybridized carbons (Fsp3) is 0.267. The molecule has 0 saturated carbocycles. The Morgan fingerprint density at radius 3 is 2.71 bits per heavy atom. The fourth-order valence-corrected chi connectivity index (χ4v) is 3.01. The Balaban J connectivity index is 1.66. The van der Waals surface area contributed by atoms with E-state index in [0.717, 1.165) is 17.1 Å². The average molecular weight is 343 g/mol. The van der Waals surface area contributed by atoms with Crippen LogP contribution in [0.5, 0.6) is 0 Å². The van der Waals surface area contributed by atoms with Crippen molar-refractivity contribution in [2.75, 3.05) is 5.32 Å². The Labute approximate surface area is 142 Å². The van der Waals surface area contributed by atoms with Crippen LogP contribution < -0.4 is 10.6 Å². The quantitative estimate of drug-likeness (QED) is 0.742. The second-order valence-electron chi connectivity index (χ2n) is 5.40. The summed E-state index contributed by atoms with van der Waals surface area (Å²) in [7, 11) is 0. The van der Waals surface area contributed by atoms with Gasteiger partial charge >= 0.3 is 6.03 Å². The first-order chi connectivity index (χ1) is 11.6. The second-order valence-corrected chi connectivity index (χ2v) is 6.30. The maximum Gasteiger partial charge on any atom is 0.320 e. The second kappa shape index (κ2) is 6.75. The third kappa shape index (κ3) is 3.40. The summed E-state index contributed by atoms with van der Waals surface area (Å²) < 4.78 is 1.54. The topological polar surface area (TPSA) is 97.6 Å². The number of thiazole rings is 1. The number of urea groups is 1. The molecule has 2 amide bonds. The van der Waals surface area contributed by atoms with E-state index in [1.165, 1.54) is 17.7 Å². The molecule has 9 heteroatoms. The summed E-state index contributed by atoms with van der Waals surface area (Å²) in [5, 5.41) is 19.6. The van der Waals surface area contributed by atoms with Crippen LogP contribution in [-0.2, 0) is 5.54 Å². The van der Waals surface area contributed by atoms with Crippen molar-refractivity contribution in [1.29, 1.82) is 0 Å². The lowest BCUT2D eigenvalue weighted by atomic mass is 10.0. The number of benzene rings is 1. The minimum Gasteiger partial charge on any atom is -0.326 e. The Morgan fingerprint density at radius 2 is 2.12 bits per heavy atom. The van der Waals surface area contributed by atoms with Gasteiger partial charge in [0.1, 0.15) is 11.3 Å². The summed E-state index contributed by atoms with van der Waals surface area (Å²) in [5.41, 5.74) is 0.999. The molecule has 0 aliphatic carbocycles. The fourth-order valence-electron chi connectivity index (χ4n) is 2.18. The van der Waals surface area contributed by atoms with Gasteiger partial charge in [0.15, 0.2) is 0 Å². The monoisotopic (exact) mass is 343 g/mol. The molecule has 3 rings (SSSR count). The Hall–Kier alpha value is -2.81. The van der Waals surface area contributed by atoms with Crippen LogP contribution in [-0.4, -0.2) is 31.2 Å². The number of rotatable bonds is 5.